The molecule has 0 atom stereocenters. The van der Waals surface area contributed by atoms with E-state index in [4.69, 9.17) is 0 Å². The van der Waals surface area contributed by atoms with Gasteiger partial charge in [0.05, 0.1) is 33.0 Å². The van der Waals surface area contributed by atoms with Gasteiger partial charge in [-0.1, -0.05) is 37.5 Å². The summed E-state index contributed by atoms with van der Waals surface area (Å²) in [5.41, 5.74) is -0.652. The average molecular weight is 568 g/mol. The second kappa shape index (κ2) is 9.20. The molecule has 2 heterocycles. The molecule has 1 aliphatic rings. The van der Waals surface area contributed by atoms with E-state index >= 15 is 0 Å². The van der Waals surface area contributed by atoms with Crippen molar-refractivity contribution in [2.45, 2.75) is 49.2 Å². The van der Waals surface area contributed by atoms with E-state index in [1.165, 1.54) is 18.2 Å². The van der Waals surface area contributed by atoms with Gasteiger partial charge >= 0.3 is 16.4 Å². The van der Waals surface area contributed by atoms with E-state index in [1.54, 1.807) is 18.2 Å². The predicted octanol–water partition coefficient (Wildman–Crippen LogP) is 7.36. The zero-order valence-corrected chi connectivity index (χ0v) is 21.7. The topological polar surface area (TPSA) is 95.7 Å². The molecule has 0 unspecified atom stereocenters. The number of aromatic nitrogens is 2. The first-order valence-corrected chi connectivity index (χ1v) is 14.1. The number of rotatable bonds is 3. The number of aromatic amines is 1. The molecule has 0 aliphatic heterocycles. The lowest BCUT2D eigenvalue weighted by Crippen LogP contribution is -2.19. The van der Waals surface area contributed by atoms with Crippen molar-refractivity contribution in [3.05, 3.63) is 75.9 Å². The molecular formula is C29H21F4N3O3S. The van der Waals surface area contributed by atoms with Crippen LogP contribution < -0.4 is 5.43 Å². The van der Waals surface area contributed by atoms with Crippen LogP contribution in [0.1, 0.15) is 49.3 Å². The second-order valence-electron chi connectivity index (χ2n) is 10.1. The third-order valence-corrected chi connectivity index (χ3v) is 8.50. The molecule has 6 rings (SSSR count). The number of halogens is 4. The summed E-state index contributed by atoms with van der Waals surface area (Å²) < 4.78 is 82.0. The Morgan fingerprint density at radius 2 is 1.73 bits per heavy atom. The van der Waals surface area contributed by atoms with E-state index < -0.39 is 32.3 Å². The van der Waals surface area contributed by atoms with Crippen LogP contribution in [0, 0.1) is 11.3 Å². The van der Waals surface area contributed by atoms with Gasteiger partial charge in [-0.05, 0) is 60.4 Å². The molecule has 0 amide bonds. The van der Waals surface area contributed by atoms with Crippen molar-refractivity contribution in [1.82, 2.24) is 9.55 Å². The van der Waals surface area contributed by atoms with E-state index in [1.807, 2.05) is 4.57 Å². The minimum absolute atomic E-state index is 0.120. The summed E-state index contributed by atoms with van der Waals surface area (Å²) in [6.45, 7) is 0. The fourth-order valence-electron chi connectivity index (χ4n) is 5.90. The number of benzene rings is 3. The van der Waals surface area contributed by atoms with Crippen LogP contribution in [0.5, 0.6) is 0 Å². The zero-order valence-electron chi connectivity index (χ0n) is 20.8. The molecule has 1 fully saturated rings. The Balaban J connectivity index is 1.78. The standard InChI is InChI=1S/C29H21F4N3O3S/c30-29(31,32)23-13-22-25(14-21(23)17-5-4-8-19(12-17)40(33,38)39)36(18-6-2-1-3-7-18)28-26(27(22)37)20-10-9-16(15-34)11-24(20)35-28/h4-5,8-14,18,35H,1-3,6-7H2. The Morgan fingerprint density at radius 3 is 2.40 bits per heavy atom. The summed E-state index contributed by atoms with van der Waals surface area (Å²) in [7, 11) is -5.17. The Bertz CT molecular complexity index is 2050. The fourth-order valence-corrected chi connectivity index (χ4v) is 6.40. The smallest absolute Gasteiger partial charge is 0.340 e. The number of hydrogen-bond acceptors (Lipinski definition) is 4. The summed E-state index contributed by atoms with van der Waals surface area (Å²) in [6.07, 6.45) is -0.572. The lowest BCUT2D eigenvalue weighted by atomic mass is 9.92. The van der Waals surface area contributed by atoms with Crippen molar-refractivity contribution in [2.24, 2.45) is 0 Å². The van der Waals surface area contributed by atoms with Gasteiger partial charge in [0.2, 0.25) is 0 Å². The van der Waals surface area contributed by atoms with Gasteiger partial charge in [-0.25, -0.2) is 0 Å². The van der Waals surface area contributed by atoms with Gasteiger partial charge in [0.25, 0.3) is 0 Å². The van der Waals surface area contributed by atoms with Crippen molar-refractivity contribution < 1.29 is 25.5 Å². The average Bonchev–Trinajstić information content (AvgIpc) is 3.30. The van der Waals surface area contributed by atoms with Crippen molar-refractivity contribution in [3.8, 4) is 17.2 Å². The van der Waals surface area contributed by atoms with Crippen LogP contribution in [0.3, 0.4) is 0 Å². The molecule has 6 nitrogen and oxygen atoms in total. The summed E-state index contributed by atoms with van der Waals surface area (Å²) in [5, 5.41) is 9.97. The Kier molecular flexibility index (Phi) is 6.00. The molecule has 204 valence electrons. The number of hydrogen-bond donors (Lipinski definition) is 1. The van der Waals surface area contributed by atoms with Gasteiger partial charge < -0.3 is 9.55 Å². The Morgan fingerprint density at radius 1 is 0.975 bits per heavy atom. The first-order chi connectivity index (χ1) is 19.0. The molecule has 0 saturated heterocycles. The summed E-state index contributed by atoms with van der Waals surface area (Å²) in [5.74, 6) is 0. The van der Waals surface area contributed by atoms with Gasteiger partial charge in [-0.3, -0.25) is 4.79 Å². The zero-order chi connectivity index (χ0) is 28.4. The molecule has 1 N–H and O–H groups in total. The molecule has 0 bridgehead atoms. The largest absolute Gasteiger partial charge is 0.417 e. The van der Waals surface area contributed by atoms with Gasteiger partial charge in [0.1, 0.15) is 5.65 Å². The molecule has 1 aliphatic carbocycles. The number of H-pyrrole nitrogens is 1. The minimum Gasteiger partial charge on any atom is -0.340 e. The first-order valence-electron chi connectivity index (χ1n) is 12.7. The van der Waals surface area contributed by atoms with Crippen molar-refractivity contribution in [3.63, 3.8) is 0 Å². The number of alkyl halides is 3. The quantitative estimate of drug-likeness (QED) is 0.182. The summed E-state index contributed by atoms with van der Waals surface area (Å²) >= 11 is 0. The van der Waals surface area contributed by atoms with E-state index in [0.29, 0.717) is 22.1 Å². The predicted molar refractivity (Wildman–Crippen MR) is 143 cm³/mol. The van der Waals surface area contributed by atoms with Crippen LogP contribution in [0.2, 0.25) is 0 Å². The number of nitrogens with zero attached hydrogens (tertiary/aromatic N) is 2. The van der Waals surface area contributed by atoms with Crippen LogP contribution in [0.25, 0.3) is 44.0 Å². The third-order valence-electron chi connectivity index (χ3n) is 7.69. The number of fused-ring (bicyclic) bond motifs is 4. The lowest BCUT2D eigenvalue weighted by Gasteiger charge is -2.28. The maximum Gasteiger partial charge on any atom is 0.417 e. The highest BCUT2D eigenvalue weighted by Crippen LogP contribution is 2.42. The normalized spacial score (nSPS) is 15.2. The summed E-state index contributed by atoms with van der Waals surface area (Å²) in [6, 6.07) is 13.0. The molecule has 0 spiro atoms. The number of nitrogens with one attached hydrogen (secondary N) is 1. The molecule has 40 heavy (non-hydrogen) atoms. The van der Waals surface area contributed by atoms with Crippen LogP contribution in [0.15, 0.2) is 64.3 Å². The Hall–Kier alpha value is -4.17. The van der Waals surface area contributed by atoms with Crippen LogP contribution in [0.4, 0.5) is 17.1 Å². The van der Waals surface area contributed by atoms with Gasteiger partial charge in [0, 0.05) is 22.3 Å². The van der Waals surface area contributed by atoms with Crippen molar-refractivity contribution in [1.29, 1.82) is 5.26 Å². The van der Waals surface area contributed by atoms with Crippen LogP contribution in [-0.4, -0.2) is 18.0 Å². The van der Waals surface area contributed by atoms with Crippen molar-refractivity contribution in [2.75, 3.05) is 0 Å². The molecule has 3 aromatic carbocycles. The highest BCUT2D eigenvalue weighted by atomic mass is 32.3. The maximum absolute atomic E-state index is 14.4. The summed E-state index contributed by atoms with van der Waals surface area (Å²) in [4.78, 5) is 16.4. The fraction of sp³-hybridized carbons (Fsp3) is 0.241. The monoisotopic (exact) mass is 567 g/mol. The molecule has 0 radical (unpaired) electrons. The lowest BCUT2D eigenvalue weighted by molar-refractivity contribution is -0.137. The Labute approximate surface area is 225 Å². The molecular weight excluding hydrogens is 546 g/mol. The number of pyridine rings is 1. The third kappa shape index (κ3) is 4.23. The van der Waals surface area contributed by atoms with Gasteiger partial charge in [-0.2, -0.15) is 26.9 Å². The van der Waals surface area contributed by atoms with Crippen LogP contribution in [-0.2, 0) is 16.4 Å². The van der Waals surface area contributed by atoms with Crippen LogP contribution >= 0.6 is 0 Å². The molecule has 5 aromatic rings. The number of nitriles is 1. The van der Waals surface area contributed by atoms with Gasteiger partial charge in [-0.15, -0.1) is 3.89 Å². The SMILES string of the molecule is N#Cc1ccc2c(c1)[nH]c1c2c(=O)c2cc(C(F)(F)F)c(-c3cccc(S(=O)(=O)F)c3)cc2n1C1CCCCC1. The van der Waals surface area contributed by atoms with E-state index in [2.05, 4.69) is 11.1 Å². The first kappa shape index (κ1) is 26.1. The van der Waals surface area contributed by atoms with E-state index in [9.17, 15) is 35.5 Å². The van der Waals surface area contributed by atoms with E-state index in [0.717, 1.165) is 50.3 Å². The van der Waals surface area contributed by atoms with E-state index in [-0.39, 0.29) is 33.5 Å². The molecule has 1 saturated carbocycles. The molecule has 2 aromatic heterocycles. The maximum atomic E-state index is 14.4. The minimum atomic E-state index is -5.17. The van der Waals surface area contributed by atoms with Gasteiger partial charge in [0.15, 0.2) is 5.43 Å². The highest BCUT2D eigenvalue weighted by Gasteiger charge is 2.36. The van der Waals surface area contributed by atoms with Crippen molar-refractivity contribution >= 4 is 43.1 Å². The second-order valence-corrected chi connectivity index (χ2v) is 11.4. The highest BCUT2D eigenvalue weighted by molar-refractivity contribution is 7.86. The molecule has 11 heteroatoms.